The first-order valence-corrected chi connectivity index (χ1v) is 9.97. The van der Waals surface area contributed by atoms with Crippen LogP contribution in [0, 0.1) is 5.92 Å². The molecule has 2 aliphatic heterocycles. The molecule has 0 saturated carbocycles. The highest BCUT2D eigenvalue weighted by atomic mass is 32.2. The van der Waals surface area contributed by atoms with Crippen LogP contribution < -0.4 is 5.32 Å². The topological polar surface area (TPSA) is 116 Å². The van der Waals surface area contributed by atoms with Crippen LogP contribution in [0.2, 0.25) is 0 Å². The second-order valence-corrected chi connectivity index (χ2v) is 8.20. The highest BCUT2D eigenvalue weighted by molar-refractivity contribution is 7.90. The van der Waals surface area contributed by atoms with E-state index in [0.29, 0.717) is 23.5 Å². The number of nitrogens with one attached hydrogen (secondary N) is 1. The maximum atomic E-state index is 12.4. The molecule has 0 fully saturated rings. The lowest BCUT2D eigenvalue weighted by molar-refractivity contribution is -0.141. The van der Waals surface area contributed by atoms with Gasteiger partial charge in [-0.05, 0) is 36.3 Å². The average Bonchev–Trinajstić information content (AvgIpc) is 2.62. The Morgan fingerprint density at radius 1 is 1.26 bits per heavy atom. The van der Waals surface area contributed by atoms with E-state index in [4.69, 9.17) is 5.11 Å². The molecule has 1 unspecified atom stereocenters. The van der Waals surface area contributed by atoms with E-state index in [1.165, 1.54) is 12.2 Å². The summed E-state index contributed by atoms with van der Waals surface area (Å²) in [5, 5.41) is 11.7. The molecule has 0 spiro atoms. The third-order valence-corrected chi connectivity index (χ3v) is 5.43. The summed E-state index contributed by atoms with van der Waals surface area (Å²) in [5.74, 6) is -1.45. The van der Waals surface area contributed by atoms with Crippen molar-refractivity contribution in [3.63, 3.8) is 0 Å². The third kappa shape index (κ3) is 4.62. The molecule has 142 valence electrons. The molecule has 0 bridgehead atoms. The molecule has 2 aliphatic rings. The number of aliphatic carboxylic acids is 1. The average molecular weight is 389 g/mol. The first kappa shape index (κ1) is 18.8. The molecular weight excluding hydrogens is 370 g/mol. The van der Waals surface area contributed by atoms with Crippen molar-refractivity contribution in [3.05, 3.63) is 53.8 Å². The van der Waals surface area contributed by atoms with Gasteiger partial charge in [0.1, 0.15) is 5.84 Å². The van der Waals surface area contributed by atoms with Gasteiger partial charge in [-0.3, -0.25) is 9.59 Å². The van der Waals surface area contributed by atoms with Crippen LogP contribution in [0.1, 0.15) is 12.5 Å². The molecule has 0 aromatic heterocycles. The molecule has 1 aromatic rings. The number of rotatable bonds is 5. The van der Waals surface area contributed by atoms with E-state index in [1.807, 2.05) is 0 Å². The van der Waals surface area contributed by atoms with Crippen molar-refractivity contribution < 1.29 is 23.1 Å². The highest BCUT2D eigenvalue weighted by Crippen LogP contribution is 2.18. The summed E-state index contributed by atoms with van der Waals surface area (Å²) in [6, 6.07) is 6.99. The molecule has 0 aliphatic carbocycles. The van der Waals surface area contributed by atoms with Gasteiger partial charge < -0.3 is 15.3 Å². The number of anilines is 1. The lowest BCUT2D eigenvalue weighted by atomic mass is 10.0. The highest BCUT2D eigenvalue weighted by Gasteiger charge is 2.25. The molecule has 1 aromatic carbocycles. The summed E-state index contributed by atoms with van der Waals surface area (Å²) in [4.78, 5) is 25.0. The molecule has 27 heavy (non-hydrogen) atoms. The summed E-state index contributed by atoms with van der Waals surface area (Å²) in [5.41, 5.74) is 1.84. The fourth-order valence-electron chi connectivity index (χ4n) is 2.70. The second-order valence-electron chi connectivity index (χ2n) is 6.44. The van der Waals surface area contributed by atoms with Crippen molar-refractivity contribution in [2.75, 3.05) is 17.6 Å². The van der Waals surface area contributed by atoms with Gasteiger partial charge in [0.15, 0.2) is 0 Å². The maximum absolute atomic E-state index is 12.4. The summed E-state index contributed by atoms with van der Waals surface area (Å²) in [6.07, 6.45) is 5.01. The lowest BCUT2D eigenvalue weighted by Crippen LogP contribution is -2.37. The van der Waals surface area contributed by atoms with Gasteiger partial charge in [0.2, 0.25) is 0 Å². The van der Waals surface area contributed by atoms with Crippen LogP contribution >= 0.6 is 0 Å². The number of amides is 1. The zero-order valence-electron chi connectivity index (χ0n) is 14.6. The number of benzene rings is 1. The van der Waals surface area contributed by atoms with E-state index < -0.39 is 21.9 Å². The molecule has 2 heterocycles. The van der Waals surface area contributed by atoms with Crippen LogP contribution in [0.15, 0.2) is 52.6 Å². The summed E-state index contributed by atoms with van der Waals surface area (Å²) in [7, 11) is -3.43. The fourth-order valence-corrected chi connectivity index (χ4v) is 3.67. The Balaban J connectivity index is 1.65. The van der Waals surface area contributed by atoms with Gasteiger partial charge in [0, 0.05) is 18.4 Å². The number of sulfonamides is 1. The van der Waals surface area contributed by atoms with Crippen molar-refractivity contribution in [2.45, 2.75) is 13.3 Å². The van der Waals surface area contributed by atoms with Crippen LogP contribution in [-0.4, -0.2) is 48.4 Å². The molecule has 0 saturated heterocycles. The van der Waals surface area contributed by atoms with Gasteiger partial charge in [-0.1, -0.05) is 19.1 Å². The third-order valence-electron chi connectivity index (χ3n) is 4.26. The van der Waals surface area contributed by atoms with Gasteiger partial charge in [0.25, 0.3) is 15.9 Å². The smallest absolute Gasteiger partial charge is 0.306 e. The molecule has 3 rings (SSSR count). The largest absolute Gasteiger partial charge is 0.481 e. The van der Waals surface area contributed by atoms with Crippen LogP contribution in [0.4, 0.5) is 5.69 Å². The van der Waals surface area contributed by atoms with Crippen LogP contribution in [0.3, 0.4) is 0 Å². The minimum absolute atomic E-state index is 0.0913. The molecule has 0 radical (unpaired) electrons. The summed E-state index contributed by atoms with van der Waals surface area (Å²) in [6.45, 7) is 1.89. The Morgan fingerprint density at radius 2 is 1.96 bits per heavy atom. The van der Waals surface area contributed by atoms with E-state index >= 15 is 0 Å². The standard InChI is InChI=1S/C18H19N3O5S/c1-12(18(23)24)10-13-2-5-15(6-3-13)19-17(22)14-4-7-16-20-27(25,26)9-8-21(16)11-14/h2-7,11-12H,8-10H2,1H3,(H,19,22)(H,23,24). The molecular formula is C18H19N3O5S. The molecule has 2 N–H and O–H groups in total. The monoisotopic (exact) mass is 389 g/mol. The van der Waals surface area contributed by atoms with Crippen molar-refractivity contribution in [2.24, 2.45) is 10.3 Å². The van der Waals surface area contributed by atoms with Crippen LogP contribution in [0.25, 0.3) is 0 Å². The Morgan fingerprint density at radius 3 is 2.63 bits per heavy atom. The van der Waals surface area contributed by atoms with E-state index in [2.05, 4.69) is 9.71 Å². The predicted octanol–water partition coefficient (Wildman–Crippen LogP) is 1.39. The SMILES string of the molecule is CC(Cc1ccc(NC(=O)C2=CN3CCS(=O)(=O)N=C3C=C2)cc1)C(=O)O. The predicted molar refractivity (Wildman–Crippen MR) is 101 cm³/mol. The van der Waals surface area contributed by atoms with E-state index in [9.17, 15) is 18.0 Å². The summed E-state index contributed by atoms with van der Waals surface area (Å²) < 4.78 is 26.7. The fraction of sp³-hybridized carbons (Fsp3) is 0.278. The number of amidine groups is 1. The molecule has 9 heteroatoms. The lowest BCUT2D eigenvalue weighted by Gasteiger charge is -2.26. The van der Waals surface area contributed by atoms with Gasteiger partial charge >= 0.3 is 5.97 Å². The molecule has 8 nitrogen and oxygen atoms in total. The van der Waals surface area contributed by atoms with Gasteiger partial charge in [-0.15, -0.1) is 4.40 Å². The van der Waals surface area contributed by atoms with Crippen molar-refractivity contribution in [3.8, 4) is 0 Å². The number of nitrogens with zero attached hydrogens (tertiary/aromatic N) is 2. The Hall–Kier alpha value is -2.94. The van der Waals surface area contributed by atoms with Gasteiger partial charge in [-0.25, -0.2) is 8.42 Å². The number of carboxylic acid groups (broad SMARTS) is 1. The quantitative estimate of drug-likeness (QED) is 0.786. The van der Waals surface area contributed by atoms with Crippen molar-refractivity contribution >= 4 is 33.4 Å². The molecule has 1 amide bonds. The number of carboxylic acids is 1. The van der Waals surface area contributed by atoms with Gasteiger partial charge in [0.05, 0.1) is 17.2 Å². The molecule has 1 atom stereocenters. The van der Waals surface area contributed by atoms with E-state index in [0.717, 1.165) is 5.56 Å². The Labute approximate surface area is 157 Å². The second kappa shape index (κ2) is 7.36. The minimum atomic E-state index is -3.43. The first-order valence-electron chi connectivity index (χ1n) is 8.36. The number of carbonyl (C=O) groups excluding carboxylic acids is 1. The summed E-state index contributed by atoms with van der Waals surface area (Å²) >= 11 is 0. The van der Waals surface area contributed by atoms with Crippen molar-refractivity contribution in [1.82, 2.24) is 4.90 Å². The Kier molecular flexibility index (Phi) is 5.13. The van der Waals surface area contributed by atoms with Crippen molar-refractivity contribution in [1.29, 1.82) is 0 Å². The van der Waals surface area contributed by atoms with Crippen LogP contribution in [0.5, 0.6) is 0 Å². The zero-order valence-corrected chi connectivity index (χ0v) is 15.4. The Bertz CT molecular complexity index is 961. The van der Waals surface area contributed by atoms with Crippen LogP contribution in [-0.2, 0) is 26.0 Å². The zero-order chi connectivity index (χ0) is 19.6. The number of hydrogen-bond acceptors (Lipinski definition) is 5. The number of fused-ring (bicyclic) bond motifs is 1. The number of hydrogen-bond donors (Lipinski definition) is 2. The van der Waals surface area contributed by atoms with E-state index in [1.54, 1.807) is 42.3 Å². The minimum Gasteiger partial charge on any atom is -0.481 e. The van der Waals surface area contributed by atoms with E-state index in [-0.39, 0.29) is 18.2 Å². The van der Waals surface area contributed by atoms with Gasteiger partial charge in [-0.2, -0.15) is 0 Å². The normalized spacial score (nSPS) is 18.8. The first-order chi connectivity index (χ1) is 12.7. The maximum Gasteiger partial charge on any atom is 0.306 e. The number of carbonyl (C=O) groups is 2.